The molecule has 9 N–H and O–H groups in total. The van der Waals surface area contributed by atoms with E-state index in [1.807, 2.05) is 0 Å². The van der Waals surface area contributed by atoms with Crippen molar-refractivity contribution in [2.75, 3.05) is 25.6 Å². The minimum absolute atomic E-state index is 0.0306. The Morgan fingerprint density at radius 2 is 1.38 bits per heavy atom. The van der Waals surface area contributed by atoms with Crippen LogP contribution in [0.5, 0.6) is 0 Å². The van der Waals surface area contributed by atoms with E-state index < -0.39 is 102 Å². The molecule has 1 aromatic heterocycles. The van der Waals surface area contributed by atoms with E-state index in [0.717, 1.165) is 62.1 Å². The number of phosphoric ester groups is 2. The van der Waals surface area contributed by atoms with Gasteiger partial charge in [-0.05, 0) is 37.7 Å². The van der Waals surface area contributed by atoms with E-state index in [1.54, 1.807) is 36.5 Å². The second-order valence-corrected chi connectivity index (χ2v) is 20.4. The first kappa shape index (κ1) is 61.7. The number of nitrogens with two attached hydrogens (primary N) is 1. The molecule has 1 saturated heterocycles. The van der Waals surface area contributed by atoms with Gasteiger partial charge in [0.1, 0.15) is 30.7 Å². The van der Waals surface area contributed by atoms with E-state index in [2.05, 4.69) is 30.1 Å². The second kappa shape index (κ2) is 34.1. The van der Waals surface area contributed by atoms with Crippen molar-refractivity contribution in [3.05, 3.63) is 71.4 Å². The van der Waals surface area contributed by atoms with Crippen molar-refractivity contribution < 1.29 is 81.6 Å². The number of carbonyl (C=O) groups is 2. The third-order valence-corrected chi connectivity index (χ3v) is 13.3. The highest BCUT2D eigenvalue weighted by Gasteiger charge is 2.46. The number of aliphatic hydroxyl groups is 5. The van der Waals surface area contributed by atoms with Gasteiger partial charge in [0.05, 0.1) is 31.5 Å². The zero-order chi connectivity index (χ0) is 51.2. The van der Waals surface area contributed by atoms with E-state index in [1.165, 1.54) is 37.5 Å². The Morgan fingerprint density at radius 3 is 2.03 bits per heavy atom. The molecule has 2 heterocycles. The van der Waals surface area contributed by atoms with Crippen LogP contribution in [0.1, 0.15) is 136 Å². The van der Waals surface area contributed by atoms with Crippen LogP contribution in [0.4, 0.5) is 5.82 Å². The minimum Gasteiger partial charge on any atom is -0.462 e. The van der Waals surface area contributed by atoms with Crippen LogP contribution in [0.15, 0.2) is 65.7 Å². The Hall–Kier alpha value is -3.40. The maximum Gasteiger partial charge on any atom is 0.481 e. The number of esters is 2. The first-order valence-corrected chi connectivity index (χ1v) is 26.8. The Labute approximate surface area is 405 Å². The number of allylic oxidation sites excluding steroid dienone is 6. The van der Waals surface area contributed by atoms with Crippen molar-refractivity contribution in [3.8, 4) is 0 Å². The van der Waals surface area contributed by atoms with Crippen LogP contribution in [0, 0.1) is 5.92 Å². The van der Waals surface area contributed by atoms with Gasteiger partial charge in [-0.3, -0.25) is 23.2 Å². The lowest BCUT2D eigenvalue weighted by Crippen LogP contribution is -2.36. The van der Waals surface area contributed by atoms with Crippen molar-refractivity contribution in [3.63, 3.8) is 0 Å². The molecule has 23 heteroatoms. The molecule has 21 nitrogen and oxygen atoms in total. The molecule has 69 heavy (non-hydrogen) atoms. The van der Waals surface area contributed by atoms with Gasteiger partial charge >= 0.3 is 33.3 Å². The van der Waals surface area contributed by atoms with Gasteiger partial charge in [0, 0.05) is 19.0 Å². The van der Waals surface area contributed by atoms with Gasteiger partial charge in [-0.1, -0.05) is 140 Å². The summed E-state index contributed by atoms with van der Waals surface area (Å²) in [6.07, 6.45) is 15.9. The highest BCUT2D eigenvalue weighted by atomic mass is 31.3. The third kappa shape index (κ3) is 27.7. The molecule has 2 unspecified atom stereocenters. The number of nitrogens with zero attached hydrogens (tertiary/aromatic N) is 2. The van der Waals surface area contributed by atoms with Crippen molar-refractivity contribution in [1.29, 1.82) is 0 Å². The monoisotopic (exact) mass is 1020 g/mol. The summed E-state index contributed by atoms with van der Waals surface area (Å²) in [4.78, 5) is 61.8. The average Bonchev–Trinajstić information content (AvgIpc) is 3.56. The molecule has 0 amide bonds. The van der Waals surface area contributed by atoms with Gasteiger partial charge in [-0.2, -0.15) is 9.29 Å². The van der Waals surface area contributed by atoms with E-state index in [9.17, 15) is 58.8 Å². The summed E-state index contributed by atoms with van der Waals surface area (Å²) in [5, 5.41) is 51.6. The highest BCUT2D eigenvalue weighted by molar-refractivity contribution is 7.61. The van der Waals surface area contributed by atoms with Crippen LogP contribution in [0.2, 0.25) is 0 Å². The number of unbranched alkanes of at least 4 members (excludes halogenated alkanes) is 9. The van der Waals surface area contributed by atoms with Crippen LogP contribution < -0.4 is 11.4 Å². The molecular formula is C46H77N3O18P2. The fourth-order valence-corrected chi connectivity index (χ4v) is 8.93. The summed E-state index contributed by atoms with van der Waals surface area (Å²) >= 11 is 0. The van der Waals surface area contributed by atoms with Crippen LogP contribution >= 0.6 is 15.6 Å². The minimum atomic E-state index is -5.51. The molecule has 1 aromatic rings. The Morgan fingerprint density at radius 1 is 0.783 bits per heavy atom. The second-order valence-electron chi connectivity index (χ2n) is 17.3. The van der Waals surface area contributed by atoms with Crippen molar-refractivity contribution in [2.45, 2.75) is 179 Å². The predicted octanol–water partition coefficient (Wildman–Crippen LogP) is 5.77. The molecule has 2 rings (SSSR count). The van der Waals surface area contributed by atoms with E-state index in [0.29, 0.717) is 18.8 Å². The van der Waals surface area contributed by atoms with E-state index in [4.69, 9.17) is 29.0 Å². The van der Waals surface area contributed by atoms with Gasteiger partial charge in [0.2, 0.25) is 0 Å². The number of rotatable bonds is 37. The first-order chi connectivity index (χ1) is 32.7. The van der Waals surface area contributed by atoms with Crippen LogP contribution in [-0.4, -0.2) is 119 Å². The molecule has 1 fully saturated rings. The van der Waals surface area contributed by atoms with Crippen molar-refractivity contribution in [1.82, 2.24) is 9.55 Å². The van der Waals surface area contributed by atoms with Gasteiger partial charge in [-0.15, -0.1) is 0 Å². The quantitative estimate of drug-likeness (QED) is 0.0170. The maximum atomic E-state index is 12.9. The Kier molecular flexibility index (Phi) is 30.5. The third-order valence-electron chi connectivity index (χ3n) is 10.7. The Balaban J connectivity index is 1.92. The first-order valence-electron chi connectivity index (χ1n) is 23.8. The maximum absolute atomic E-state index is 12.9. The van der Waals surface area contributed by atoms with Crippen molar-refractivity contribution in [2.24, 2.45) is 5.92 Å². The van der Waals surface area contributed by atoms with E-state index >= 15 is 0 Å². The molecule has 0 radical (unpaired) electrons. The summed E-state index contributed by atoms with van der Waals surface area (Å²) in [6, 6.07) is 1.22. The number of carbonyl (C=O) groups excluding carboxylic acids is 2. The zero-order valence-corrected chi connectivity index (χ0v) is 41.9. The van der Waals surface area contributed by atoms with Gasteiger partial charge in [0.25, 0.3) is 0 Å². The summed E-state index contributed by atoms with van der Waals surface area (Å²) < 4.78 is 56.3. The molecule has 0 aromatic carbocycles. The number of hydrogen-bond acceptors (Lipinski definition) is 18. The lowest BCUT2D eigenvalue weighted by molar-refractivity contribution is -0.161. The van der Waals surface area contributed by atoms with Gasteiger partial charge in [0.15, 0.2) is 12.3 Å². The van der Waals surface area contributed by atoms with Gasteiger partial charge < -0.3 is 55.3 Å². The fraction of sp³-hybridized carbons (Fsp3) is 0.696. The predicted molar refractivity (Wildman–Crippen MR) is 256 cm³/mol. The highest BCUT2D eigenvalue weighted by Crippen LogP contribution is 2.60. The summed E-state index contributed by atoms with van der Waals surface area (Å²) in [6.45, 7) is 3.92. The number of ether oxygens (including phenoxy) is 3. The molecule has 1 aliphatic heterocycles. The molecule has 0 aliphatic carbocycles. The molecular weight excluding hydrogens is 944 g/mol. The number of nitrogen functional groups attached to an aromatic ring is 1. The van der Waals surface area contributed by atoms with Crippen LogP contribution in [0.3, 0.4) is 0 Å². The summed E-state index contributed by atoms with van der Waals surface area (Å²) in [5.74, 6) is -0.959. The SMILES string of the molecule is CCCCC[C@H](O)/C=C/C=C\C=C\C=C\[C@H](O)[C@@H](O)CCCC(=O)O[C@H](COC(=O)CCCCCCCCCCC(C)C)COP(=O)(O)OP(=O)(O)OC[C@H]1O[C@@H](n2ccc(N)nc2=O)[C@H](O)[C@@H]1O. The molecule has 394 valence electrons. The lowest BCUT2D eigenvalue weighted by atomic mass is 10.0. The van der Waals surface area contributed by atoms with Crippen molar-refractivity contribution >= 4 is 33.4 Å². The molecule has 1 aliphatic rings. The average molecular weight is 1020 g/mol. The zero-order valence-electron chi connectivity index (χ0n) is 40.1. The normalized spacial score (nSPS) is 21.3. The lowest BCUT2D eigenvalue weighted by Gasteiger charge is -2.21. The van der Waals surface area contributed by atoms with Gasteiger partial charge in [-0.25, -0.2) is 13.9 Å². The van der Waals surface area contributed by atoms with Crippen LogP contribution in [0.25, 0.3) is 0 Å². The number of phosphoric acid groups is 2. The number of aliphatic hydroxyl groups excluding tert-OH is 5. The molecule has 0 bridgehead atoms. The molecule has 0 spiro atoms. The summed E-state index contributed by atoms with van der Waals surface area (Å²) in [7, 11) is -11.0. The Bertz CT molecular complexity index is 1910. The smallest absolute Gasteiger partial charge is 0.462 e. The fourth-order valence-electron chi connectivity index (χ4n) is 6.82. The standard InChI is InChI=1S/C46H77N3O18P2/c1-4-5-16-23-35(50)24-18-13-10-11-14-19-25-37(51)38(52)26-21-28-42(54)65-36(31-62-41(53)27-20-15-9-7-6-8-12-17-22-34(2)3)32-63-68(58,59)67-69(60,61)64-33-39-43(55)44(56)45(66-39)49-30-29-40(47)48-46(49)57/h10-11,13-14,18-19,24-25,29-30,34-39,43-45,50-52,55-56H,4-9,12,15-17,20-23,26-28,31-33H2,1-3H3,(H,58,59)(H,60,61)(H2,47,48,57)/b13-10-,14-11+,24-18+,25-19+/t35-,36+,37-,38-,39+,43+,44+,45+/m0/s1. The molecule has 10 atom stereocenters. The summed E-state index contributed by atoms with van der Waals surface area (Å²) in [5.41, 5.74) is 4.54. The number of aromatic nitrogens is 2. The number of anilines is 1. The number of hydrogen-bond donors (Lipinski definition) is 8. The van der Waals surface area contributed by atoms with E-state index in [-0.39, 0.29) is 31.5 Å². The largest absolute Gasteiger partial charge is 0.481 e. The topological polar surface area (TPSA) is 326 Å². The molecule has 0 saturated carbocycles. The van der Waals surface area contributed by atoms with Crippen LogP contribution in [-0.2, 0) is 46.3 Å².